The van der Waals surface area contributed by atoms with E-state index in [0.717, 1.165) is 18.4 Å². The summed E-state index contributed by atoms with van der Waals surface area (Å²) in [5.41, 5.74) is 5.24. The highest BCUT2D eigenvalue weighted by molar-refractivity contribution is 6.30. The maximum Gasteiger partial charge on any atom is 0.271 e. The predicted octanol–water partition coefficient (Wildman–Crippen LogP) is 3.84. The van der Waals surface area contributed by atoms with E-state index in [2.05, 4.69) is 15.8 Å². The van der Waals surface area contributed by atoms with E-state index < -0.39 is 0 Å². The van der Waals surface area contributed by atoms with E-state index in [1.54, 1.807) is 43.3 Å². The van der Waals surface area contributed by atoms with Crippen molar-refractivity contribution in [2.45, 2.75) is 19.8 Å². The lowest BCUT2D eigenvalue weighted by Gasteiger charge is -2.06. The Hall–Kier alpha value is -2.66. The monoisotopic (exact) mass is 355 g/mol. The molecule has 128 valence electrons. The Morgan fingerprint density at radius 3 is 2.20 bits per heavy atom. The molecule has 6 heteroatoms. The van der Waals surface area contributed by atoms with Crippen molar-refractivity contribution in [3.05, 3.63) is 64.7 Å². The van der Waals surface area contributed by atoms with E-state index in [0.29, 0.717) is 22.0 Å². The zero-order chi connectivity index (χ0) is 17.8. The van der Waals surface area contributed by atoms with Gasteiger partial charge in [0.25, 0.3) is 5.91 Å². The summed E-state index contributed by atoms with van der Waals surface area (Å²) in [5, 5.41) is 7.59. The van der Waals surface area contributed by atoms with Crippen LogP contribution in [-0.4, -0.2) is 17.5 Å². The number of hydrogen-bond acceptors (Lipinski definition) is 3. The highest BCUT2D eigenvalue weighted by Gasteiger charge is 2.29. The zero-order valence-corrected chi connectivity index (χ0v) is 14.5. The van der Waals surface area contributed by atoms with Crippen LogP contribution in [0.3, 0.4) is 0 Å². The molecule has 5 nitrogen and oxygen atoms in total. The molecule has 0 aliphatic heterocycles. The van der Waals surface area contributed by atoms with Gasteiger partial charge in [-0.15, -0.1) is 0 Å². The Morgan fingerprint density at radius 2 is 1.60 bits per heavy atom. The molecule has 2 N–H and O–H groups in total. The third-order valence-electron chi connectivity index (χ3n) is 3.95. The molecule has 3 rings (SSSR count). The molecule has 1 fully saturated rings. The average Bonchev–Trinajstić information content (AvgIpc) is 3.46. The molecule has 0 unspecified atom stereocenters. The molecule has 0 atom stereocenters. The Labute approximate surface area is 151 Å². The number of halogens is 1. The van der Waals surface area contributed by atoms with Crippen LogP contribution in [0, 0.1) is 5.92 Å². The van der Waals surface area contributed by atoms with Crippen molar-refractivity contribution in [2.75, 3.05) is 5.32 Å². The van der Waals surface area contributed by atoms with Gasteiger partial charge in [-0.1, -0.05) is 23.7 Å². The molecule has 1 aliphatic carbocycles. The van der Waals surface area contributed by atoms with Crippen LogP contribution >= 0.6 is 11.6 Å². The summed E-state index contributed by atoms with van der Waals surface area (Å²) in [6, 6.07) is 14.0. The van der Waals surface area contributed by atoms with Crippen molar-refractivity contribution in [3.63, 3.8) is 0 Å². The van der Waals surface area contributed by atoms with Crippen LogP contribution in [0.2, 0.25) is 5.02 Å². The van der Waals surface area contributed by atoms with Crippen LogP contribution in [0.1, 0.15) is 35.7 Å². The van der Waals surface area contributed by atoms with Gasteiger partial charge in [-0.3, -0.25) is 9.59 Å². The molecule has 25 heavy (non-hydrogen) atoms. The third kappa shape index (κ3) is 4.67. The van der Waals surface area contributed by atoms with Crippen LogP contribution in [-0.2, 0) is 4.79 Å². The Kier molecular flexibility index (Phi) is 5.14. The molecule has 2 amide bonds. The van der Waals surface area contributed by atoms with Crippen LogP contribution in [0.5, 0.6) is 0 Å². The molecule has 0 heterocycles. The first-order valence-electron chi connectivity index (χ1n) is 8.04. The van der Waals surface area contributed by atoms with Crippen molar-refractivity contribution in [1.82, 2.24) is 5.43 Å². The van der Waals surface area contributed by atoms with Crippen LogP contribution in [0.25, 0.3) is 0 Å². The van der Waals surface area contributed by atoms with Gasteiger partial charge in [0.05, 0.1) is 5.71 Å². The van der Waals surface area contributed by atoms with Crippen LogP contribution in [0.4, 0.5) is 5.69 Å². The lowest BCUT2D eigenvalue weighted by Crippen LogP contribution is -2.19. The van der Waals surface area contributed by atoms with Gasteiger partial charge in [-0.05, 0) is 61.7 Å². The summed E-state index contributed by atoms with van der Waals surface area (Å²) in [6.45, 7) is 1.81. The highest BCUT2D eigenvalue weighted by atomic mass is 35.5. The summed E-state index contributed by atoms with van der Waals surface area (Å²) < 4.78 is 0. The van der Waals surface area contributed by atoms with E-state index in [1.165, 1.54) is 0 Å². The molecule has 0 bridgehead atoms. The number of nitrogens with zero attached hydrogens (tertiary/aromatic N) is 1. The van der Waals surface area contributed by atoms with Crippen molar-refractivity contribution >= 4 is 34.8 Å². The number of anilines is 1. The molecule has 0 spiro atoms. The first-order chi connectivity index (χ1) is 12.0. The summed E-state index contributed by atoms with van der Waals surface area (Å²) in [5.74, 6) is -0.123. The van der Waals surface area contributed by atoms with Crippen molar-refractivity contribution < 1.29 is 9.59 Å². The first kappa shape index (κ1) is 17.2. The molecule has 1 saturated carbocycles. The molecule has 0 radical (unpaired) electrons. The topological polar surface area (TPSA) is 70.6 Å². The standard InChI is InChI=1S/C19H18ClN3O2/c1-12(13-4-8-16(20)9-5-13)22-23-19(25)15-6-10-17(11-7-15)21-18(24)14-2-3-14/h4-11,14H,2-3H2,1H3,(H,21,24)(H,23,25)/b22-12+. The third-order valence-corrected chi connectivity index (χ3v) is 4.20. The summed E-state index contributed by atoms with van der Waals surface area (Å²) in [7, 11) is 0. The maximum absolute atomic E-state index is 12.2. The Bertz CT molecular complexity index is 810. The molecule has 2 aromatic rings. The first-order valence-corrected chi connectivity index (χ1v) is 8.42. The minimum Gasteiger partial charge on any atom is -0.326 e. The number of nitrogens with one attached hydrogen (secondary N) is 2. The molecule has 0 aromatic heterocycles. The minimum atomic E-state index is -0.312. The van der Waals surface area contributed by atoms with Gasteiger partial charge in [0.2, 0.25) is 5.91 Å². The molecule has 1 aliphatic rings. The minimum absolute atomic E-state index is 0.0420. The van der Waals surface area contributed by atoms with Gasteiger partial charge in [-0.2, -0.15) is 5.10 Å². The fourth-order valence-corrected chi connectivity index (χ4v) is 2.38. The van der Waals surface area contributed by atoms with Gasteiger partial charge in [-0.25, -0.2) is 5.43 Å². The summed E-state index contributed by atoms with van der Waals surface area (Å²) in [4.78, 5) is 23.9. The van der Waals surface area contributed by atoms with E-state index in [4.69, 9.17) is 11.6 Å². The fraction of sp³-hybridized carbons (Fsp3) is 0.211. The molecule has 2 aromatic carbocycles. The predicted molar refractivity (Wildman–Crippen MR) is 98.9 cm³/mol. The SMILES string of the molecule is C/C(=N\NC(=O)c1ccc(NC(=O)C2CC2)cc1)c1ccc(Cl)cc1. The van der Waals surface area contributed by atoms with E-state index in [1.807, 2.05) is 12.1 Å². The molecular weight excluding hydrogens is 338 g/mol. The van der Waals surface area contributed by atoms with Crippen molar-refractivity contribution in [2.24, 2.45) is 11.0 Å². The lowest BCUT2D eigenvalue weighted by atomic mass is 10.1. The number of carbonyl (C=O) groups is 2. The smallest absolute Gasteiger partial charge is 0.271 e. The molecule has 0 saturated heterocycles. The zero-order valence-electron chi connectivity index (χ0n) is 13.8. The van der Waals surface area contributed by atoms with Crippen LogP contribution < -0.4 is 10.7 Å². The summed E-state index contributed by atoms with van der Waals surface area (Å²) in [6.07, 6.45) is 1.91. The average molecular weight is 356 g/mol. The lowest BCUT2D eigenvalue weighted by molar-refractivity contribution is -0.117. The Morgan fingerprint density at radius 1 is 1.00 bits per heavy atom. The van der Waals surface area contributed by atoms with Crippen LogP contribution in [0.15, 0.2) is 53.6 Å². The largest absolute Gasteiger partial charge is 0.326 e. The van der Waals surface area contributed by atoms with Gasteiger partial charge in [0.1, 0.15) is 0 Å². The molecular formula is C19H18ClN3O2. The summed E-state index contributed by atoms with van der Waals surface area (Å²) >= 11 is 5.85. The number of carbonyl (C=O) groups excluding carboxylic acids is 2. The van der Waals surface area contributed by atoms with E-state index in [9.17, 15) is 9.59 Å². The van der Waals surface area contributed by atoms with Crippen molar-refractivity contribution in [1.29, 1.82) is 0 Å². The second-order valence-electron chi connectivity index (χ2n) is 5.99. The van der Waals surface area contributed by atoms with E-state index in [-0.39, 0.29) is 17.7 Å². The van der Waals surface area contributed by atoms with Gasteiger partial charge in [0, 0.05) is 22.2 Å². The van der Waals surface area contributed by atoms with E-state index >= 15 is 0 Å². The van der Waals surface area contributed by atoms with Gasteiger partial charge >= 0.3 is 0 Å². The highest BCUT2D eigenvalue weighted by Crippen LogP contribution is 2.30. The number of hydrazone groups is 1. The number of benzene rings is 2. The second kappa shape index (κ2) is 7.49. The number of hydrogen-bond donors (Lipinski definition) is 2. The number of rotatable bonds is 5. The number of amides is 2. The van der Waals surface area contributed by atoms with Gasteiger partial charge < -0.3 is 5.32 Å². The second-order valence-corrected chi connectivity index (χ2v) is 6.42. The quantitative estimate of drug-likeness (QED) is 0.631. The fourth-order valence-electron chi connectivity index (χ4n) is 2.25. The van der Waals surface area contributed by atoms with Gasteiger partial charge in [0.15, 0.2) is 0 Å². The normalized spacial score (nSPS) is 14.1. The Balaban J connectivity index is 1.59. The van der Waals surface area contributed by atoms with Crippen molar-refractivity contribution in [3.8, 4) is 0 Å². The maximum atomic E-state index is 12.2.